The van der Waals surface area contributed by atoms with Crippen LogP contribution in [0.4, 0.5) is 0 Å². The van der Waals surface area contributed by atoms with E-state index in [0.717, 1.165) is 11.1 Å². The van der Waals surface area contributed by atoms with Gasteiger partial charge < -0.3 is 9.84 Å². The van der Waals surface area contributed by atoms with E-state index >= 15 is 0 Å². The molecule has 4 heteroatoms. The van der Waals surface area contributed by atoms with Crippen LogP contribution in [0.5, 0.6) is 0 Å². The van der Waals surface area contributed by atoms with Gasteiger partial charge in [0.05, 0.1) is 6.61 Å². The first-order valence-electron chi connectivity index (χ1n) is 4.16. The third kappa shape index (κ3) is 3.36. The summed E-state index contributed by atoms with van der Waals surface area (Å²) in [5, 5.41) is 8.78. The van der Waals surface area contributed by atoms with Crippen molar-refractivity contribution in [3.63, 3.8) is 0 Å². The fourth-order valence-corrected chi connectivity index (χ4v) is 1.02. The predicted octanol–water partition coefficient (Wildman–Crippen LogP) is 1.46. The zero-order valence-corrected chi connectivity index (χ0v) is 8.33. The lowest BCUT2D eigenvalue weighted by atomic mass is 10.1. The third-order valence-electron chi connectivity index (χ3n) is 1.71. The standard InChI is InChI=1S/C10H11ClO3/c11-5-10(13)14-7-9-3-1-8(6-12)2-4-9/h1-4,12H,5-7H2. The summed E-state index contributed by atoms with van der Waals surface area (Å²) < 4.78 is 4.82. The fraction of sp³-hybridized carbons (Fsp3) is 0.300. The van der Waals surface area contributed by atoms with Gasteiger partial charge in [-0.1, -0.05) is 24.3 Å². The van der Waals surface area contributed by atoms with E-state index in [2.05, 4.69) is 0 Å². The van der Waals surface area contributed by atoms with E-state index in [4.69, 9.17) is 21.4 Å². The van der Waals surface area contributed by atoms with Gasteiger partial charge in [0.1, 0.15) is 12.5 Å². The molecule has 1 aromatic carbocycles. The van der Waals surface area contributed by atoms with Crippen molar-refractivity contribution in [3.8, 4) is 0 Å². The number of halogens is 1. The highest BCUT2D eigenvalue weighted by Crippen LogP contribution is 2.05. The van der Waals surface area contributed by atoms with Gasteiger partial charge in [-0.25, -0.2) is 0 Å². The number of hydrogen-bond acceptors (Lipinski definition) is 3. The maximum absolute atomic E-state index is 10.7. The number of aliphatic hydroxyl groups excluding tert-OH is 1. The molecule has 0 saturated heterocycles. The molecule has 1 N–H and O–H groups in total. The minimum absolute atomic E-state index is 0.0156. The van der Waals surface area contributed by atoms with Crippen molar-refractivity contribution in [1.29, 1.82) is 0 Å². The maximum atomic E-state index is 10.7. The number of aliphatic hydroxyl groups is 1. The molecule has 0 unspecified atom stereocenters. The molecule has 0 heterocycles. The summed E-state index contributed by atoms with van der Waals surface area (Å²) in [6.45, 7) is 0.235. The van der Waals surface area contributed by atoms with Gasteiger partial charge in [0.15, 0.2) is 0 Å². The molecule has 0 saturated carbocycles. The molecule has 0 bridgehead atoms. The SMILES string of the molecule is O=C(CCl)OCc1ccc(CO)cc1. The van der Waals surface area contributed by atoms with Crippen molar-refractivity contribution in [2.75, 3.05) is 5.88 Å². The molecule has 0 spiro atoms. The Hall–Kier alpha value is -1.06. The topological polar surface area (TPSA) is 46.5 Å². The molecule has 0 aliphatic carbocycles. The number of carbonyl (C=O) groups excluding carboxylic acids is 1. The molecule has 0 aliphatic heterocycles. The van der Waals surface area contributed by atoms with E-state index in [1.165, 1.54) is 0 Å². The van der Waals surface area contributed by atoms with Crippen molar-refractivity contribution in [2.45, 2.75) is 13.2 Å². The van der Waals surface area contributed by atoms with Crippen molar-refractivity contribution >= 4 is 17.6 Å². The molecule has 0 amide bonds. The van der Waals surface area contributed by atoms with E-state index in [9.17, 15) is 4.79 Å². The van der Waals surface area contributed by atoms with Crippen LogP contribution in [0.1, 0.15) is 11.1 Å². The number of rotatable bonds is 4. The average molecular weight is 215 g/mol. The third-order valence-corrected chi connectivity index (χ3v) is 1.93. The van der Waals surface area contributed by atoms with E-state index in [-0.39, 0.29) is 19.1 Å². The second-order valence-corrected chi connectivity index (χ2v) is 3.04. The number of hydrogen-bond donors (Lipinski definition) is 1. The minimum atomic E-state index is -0.432. The minimum Gasteiger partial charge on any atom is -0.460 e. The second-order valence-electron chi connectivity index (χ2n) is 2.77. The van der Waals surface area contributed by atoms with Crippen LogP contribution in [0.15, 0.2) is 24.3 Å². The summed E-state index contributed by atoms with van der Waals surface area (Å²) in [7, 11) is 0. The van der Waals surface area contributed by atoms with Gasteiger partial charge in [0, 0.05) is 0 Å². The largest absolute Gasteiger partial charge is 0.460 e. The summed E-state index contributed by atoms with van der Waals surface area (Å²) in [4.78, 5) is 10.7. The Morgan fingerprint density at radius 2 is 1.86 bits per heavy atom. The highest BCUT2D eigenvalue weighted by molar-refractivity contribution is 6.26. The second kappa shape index (κ2) is 5.62. The number of alkyl halides is 1. The van der Waals surface area contributed by atoms with E-state index < -0.39 is 5.97 Å². The Morgan fingerprint density at radius 1 is 1.29 bits per heavy atom. The normalized spacial score (nSPS) is 9.86. The molecule has 0 aliphatic rings. The van der Waals surface area contributed by atoms with Gasteiger partial charge in [0.2, 0.25) is 0 Å². The molecule has 0 aromatic heterocycles. The fourth-order valence-electron chi connectivity index (χ4n) is 0.943. The maximum Gasteiger partial charge on any atom is 0.321 e. The van der Waals surface area contributed by atoms with Crippen molar-refractivity contribution in [2.24, 2.45) is 0 Å². The Morgan fingerprint density at radius 3 is 2.36 bits per heavy atom. The van der Waals surface area contributed by atoms with Crippen LogP contribution in [0, 0.1) is 0 Å². The lowest BCUT2D eigenvalue weighted by Crippen LogP contribution is -2.05. The van der Waals surface area contributed by atoms with Crippen molar-refractivity contribution in [1.82, 2.24) is 0 Å². The van der Waals surface area contributed by atoms with Gasteiger partial charge in [-0.15, -0.1) is 11.6 Å². The number of carbonyl (C=O) groups is 1. The molecule has 76 valence electrons. The molecule has 14 heavy (non-hydrogen) atoms. The Labute approximate surface area is 87.3 Å². The first kappa shape index (κ1) is 11.0. The summed E-state index contributed by atoms with van der Waals surface area (Å²) in [6, 6.07) is 7.16. The molecule has 0 fully saturated rings. The number of esters is 1. The Bertz CT molecular complexity index is 295. The zero-order chi connectivity index (χ0) is 10.4. The Kier molecular flexibility index (Phi) is 4.43. The molecule has 1 rings (SSSR count). The van der Waals surface area contributed by atoms with E-state index in [1.807, 2.05) is 0 Å². The van der Waals surface area contributed by atoms with Crippen LogP contribution < -0.4 is 0 Å². The summed E-state index contributed by atoms with van der Waals surface area (Å²) in [5.41, 5.74) is 1.71. The monoisotopic (exact) mass is 214 g/mol. The first-order valence-corrected chi connectivity index (χ1v) is 4.70. The zero-order valence-electron chi connectivity index (χ0n) is 7.57. The Balaban J connectivity index is 2.47. The van der Waals surface area contributed by atoms with E-state index in [1.54, 1.807) is 24.3 Å². The quantitative estimate of drug-likeness (QED) is 0.610. The highest BCUT2D eigenvalue weighted by Gasteiger charge is 2.00. The highest BCUT2D eigenvalue weighted by atomic mass is 35.5. The van der Waals surface area contributed by atoms with Crippen LogP contribution in [-0.4, -0.2) is 17.0 Å². The molecule has 0 radical (unpaired) electrons. The van der Waals surface area contributed by atoms with Crippen molar-refractivity contribution in [3.05, 3.63) is 35.4 Å². The van der Waals surface area contributed by atoms with Gasteiger partial charge in [-0.05, 0) is 11.1 Å². The molecular weight excluding hydrogens is 204 g/mol. The van der Waals surface area contributed by atoms with Crippen LogP contribution in [-0.2, 0) is 22.7 Å². The van der Waals surface area contributed by atoms with Gasteiger partial charge >= 0.3 is 5.97 Å². The number of ether oxygens (including phenoxy) is 1. The summed E-state index contributed by atoms with van der Waals surface area (Å²) in [5.74, 6) is -0.563. The van der Waals surface area contributed by atoms with Gasteiger partial charge in [-0.3, -0.25) is 4.79 Å². The summed E-state index contributed by atoms with van der Waals surface area (Å²) in [6.07, 6.45) is 0. The molecular formula is C10H11ClO3. The van der Waals surface area contributed by atoms with Crippen LogP contribution in [0.25, 0.3) is 0 Å². The summed E-state index contributed by atoms with van der Waals surface area (Å²) >= 11 is 5.26. The average Bonchev–Trinajstić information content (AvgIpc) is 2.26. The smallest absolute Gasteiger partial charge is 0.321 e. The number of benzene rings is 1. The lowest BCUT2D eigenvalue weighted by Gasteiger charge is -2.03. The molecule has 0 atom stereocenters. The van der Waals surface area contributed by atoms with Crippen LogP contribution in [0.3, 0.4) is 0 Å². The molecule has 3 nitrogen and oxygen atoms in total. The molecule has 1 aromatic rings. The van der Waals surface area contributed by atoms with Gasteiger partial charge in [0.25, 0.3) is 0 Å². The van der Waals surface area contributed by atoms with E-state index in [0.29, 0.717) is 0 Å². The lowest BCUT2D eigenvalue weighted by molar-refractivity contribution is -0.141. The van der Waals surface area contributed by atoms with Crippen LogP contribution in [0.2, 0.25) is 0 Å². The van der Waals surface area contributed by atoms with Gasteiger partial charge in [-0.2, -0.15) is 0 Å². The van der Waals surface area contributed by atoms with Crippen molar-refractivity contribution < 1.29 is 14.6 Å². The first-order chi connectivity index (χ1) is 6.76. The predicted molar refractivity (Wildman–Crippen MR) is 52.9 cm³/mol. The van der Waals surface area contributed by atoms with Crippen LogP contribution >= 0.6 is 11.6 Å².